The minimum absolute atomic E-state index is 0.750. The Morgan fingerprint density at radius 2 is 1.80 bits per heavy atom. The standard InChI is InChI=1S/C16H12N4/c17-12-6-7-13-11(9-12)5-8-16(19-13)20-10-18-14-3-1-2-4-15(14)20/h1-10H,17H2. The van der Waals surface area contributed by atoms with Gasteiger partial charge in [0.15, 0.2) is 0 Å². The molecular formula is C16H12N4. The van der Waals surface area contributed by atoms with Crippen molar-refractivity contribution >= 4 is 27.6 Å². The molecule has 2 aromatic carbocycles. The molecule has 2 heterocycles. The first-order valence-corrected chi connectivity index (χ1v) is 6.40. The van der Waals surface area contributed by atoms with Crippen LogP contribution in [-0.4, -0.2) is 14.5 Å². The number of para-hydroxylation sites is 2. The van der Waals surface area contributed by atoms with Gasteiger partial charge in [-0.2, -0.15) is 0 Å². The summed E-state index contributed by atoms with van der Waals surface area (Å²) in [6, 6.07) is 17.8. The number of pyridine rings is 1. The molecule has 0 fully saturated rings. The van der Waals surface area contributed by atoms with Gasteiger partial charge in [0, 0.05) is 11.1 Å². The molecule has 4 rings (SSSR count). The van der Waals surface area contributed by atoms with E-state index in [1.165, 1.54) is 0 Å². The third-order valence-corrected chi connectivity index (χ3v) is 3.40. The van der Waals surface area contributed by atoms with Crippen LogP contribution in [0, 0.1) is 0 Å². The number of hydrogen-bond donors (Lipinski definition) is 1. The van der Waals surface area contributed by atoms with Crippen LogP contribution in [0.4, 0.5) is 5.69 Å². The summed E-state index contributed by atoms with van der Waals surface area (Å²) < 4.78 is 1.99. The Morgan fingerprint density at radius 1 is 0.900 bits per heavy atom. The van der Waals surface area contributed by atoms with Crippen LogP contribution in [0.2, 0.25) is 0 Å². The monoisotopic (exact) mass is 260 g/mol. The van der Waals surface area contributed by atoms with Gasteiger partial charge in [-0.3, -0.25) is 4.57 Å². The van der Waals surface area contributed by atoms with Crippen LogP contribution >= 0.6 is 0 Å². The van der Waals surface area contributed by atoms with Gasteiger partial charge in [-0.15, -0.1) is 0 Å². The fraction of sp³-hybridized carbons (Fsp3) is 0. The van der Waals surface area contributed by atoms with Crippen molar-refractivity contribution in [3.05, 3.63) is 60.9 Å². The van der Waals surface area contributed by atoms with Crippen LogP contribution in [0.5, 0.6) is 0 Å². The average Bonchev–Trinajstić information content (AvgIpc) is 2.91. The number of rotatable bonds is 1. The predicted octanol–water partition coefficient (Wildman–Crippen LogP) is 3.16. The third kappa shape index (κ3) is 1.62. The maximum absolute atomic E-state index is 5.79. The number of nitrogens with two attached hydrogens (primary N) is 1. The van der Waals surface area contributed by atoms with Crippen LogP contribution in [0.1, 0.15) is 0 Å². The SMILES string of the molecule is Nc1ccc2nc(-n3cnc4ccccc43)ccc2c1. The van der Waals surface area contributed by atoms with Crippen LogP contribution in [-0.2, 0) is 0 Å². The van der Waals surface area contributed by atoms with E-state index in [1.54, 1.807) is 6.33 Å². The molecule has 2 N–H and O–H groups in total. The van der Waals surface area contributed by atoms with Crippen molar-refractivity contribution in [3.8, 4) is 5.82 Å². The quantitative estimate of drug-likeness (QED) is 0.535. The van der Waals surface area contributed by atoms with E-state index in [0.717, 1.165) is 33.4 Å². The Labute approximate surface area is 115 Å². The Bertz CT molecular complexity index is 924. The first-order chi connectivity index (χ1) is 9.81. The van der Waals surface area contributed by atoms with Crippen molar-refractivity contribution in [3.63, 3.8) is 0 Å². The third-order valence-electron chi connectivity index (χ3n) is 3.40. The highest BCUT2D eigenvalue weighted by atomic mass is 15.1. The summed E-state index contributed by atoms with van der Waals surface area (Å²) in [5.74, 6) is 0.857. The van der Waals surface area contributed by atoms with Crippen LogP contribution in [0.3, 0.4) is 0 Å². The van der Waals surface area contributed by atoms with E-state index in [2.05, 4.69) is 9.97 Å². The van der Waals surface area contributed by atoms with Crippen molar-refractivity contribution < 1.29 is 0 Å². The molecule has 0 unspecified atom stereocenters. The molecule has 20 heavy (non-hydrogen) atoms. The van der Waals surface area contributed by atoms with E-state index in [-0.39, 0.29) is 0 Å². The minimum Gasteiger partial charge on any atom is -0.399 e. The second-order valence-corrected chi connectivity index (χ2v) is 4.72. The lowest BCUT2D eigenvalue weighted by Gasteiger charge is -2.05. The molecule has 0 aliphatic rings. The van der Waals surface area contributed by atoms with Crippen molar-refractivity contribution in [2.75, 3.05) is 5.73 Å². The molecule has 0 atom stereocenters. The van der Waals surface area contributed by atoms with Gasteiger partial charge >= 0.3 is 0 Å². The van der Waals surface area contributed by atoms with Crippen LogP contribution in [0.25, 0.3) is 27.8 Å². The normalized spacial score (nSPS) is 11.2. The molecule has 0 bridgehead atoms. The summed E-state index contributed by atoms with van der Waals surface area (Å²) in [4.78, 5) is 9.07. The highest BCUT2D eigenvalue weighted by Crippen LogP contribution is 2.20. The zero-order valence-electron chi connectivity index (χ0n) is 10.7. The molecule has 2 aromatic heterocycles. The highest BCUT2D eigenvalue weighted by Gasteiger charge is 2.05. The average molecular weight is 260 g/mol. The summed E-state index contributed by atoms with van der Waals surface area (Å²) in [7, 11) is 0. The van der Waals surface area contributed by atoms with Crippen molar-refractivity contribution in [2.45, 2.75) is 0 Å². The van der Waals surface area contributed by atoms with E-state index in [9.17, 15) is 0 Å². The molecule has 96 valence electrons. The van der Waals surface area contributed by atoms with E-state index in [0.29, 0.717) is 0 Å². The van der Waals surface area contributed by atoms with E-state index < -0.39 is 0 Å². The Hall–Kier alpha value is -2.88. The molecule has 0 aliphatic heterocycles. The Morgan fingerprint density at radius 3 is 2.75 bits per heavy atom. The van der Waals surface area contributed by atoms with Crippen molar-refractivity contribution in [2.24, 2.45) is 0 Å². The first kappa shape index (κ1) is 11.0. The zero-order chi connectivity index (χ0) is 13.5. The molecular weight excluding hydrogens is 248 g/mol. The second-order valence-electron chi connectivity index (χ2n) is 4.72. The molecule has 0 saturated carbocycles. The van der Waals surface area contributed by atoms with Gasteiger partial charge in [0.2, 0.25) is 0 Å². The molecule has 4 nitrogen and oxygen atoms in total. The largest absolute Gasteiger partial charge is 0.399 e. The molecule has 4 aromatic rings. The lowest BCUT2D eigenvalue weighted by atomic mass is 10.2. The second kappa shape index (κ2) is 4.06. The molecule has 0 saturated heterocycles. The number of aromatic nitrogens is 3. The maximum atomic E-state index is 5.79. The van der Waals surface area contributed by atoms with E-state index in [1.807, 2.05) is 59.2 Å². The zero-order valence-corrected chi connectivity index (χ0v) is 10.7. The summed E-state index contributed by atoms with van der Waals surface area (Å²) in [5, 5.41) is 1.04. The van der Waals surface area contributed by atoms with Gasteiger partial charge in [-0.25, -0.2) is 9.97 Å². The van der Waals surface area contributed by atoms with Gasteiger partial charge in [0.1, 0.15) is 12.1 Å². The van der Waals surface area contributed by atoms with E-state index in [4.69, 9.17) is 5.73 Å². The summed E-state index contributed by atoms with van der Waals surface area (Å²) in [6.45, 7) is 0. The van der Waals surface area contributed by atoms with E-state index >= 15 is 0 Å². The fourth-order valence-corrected chi connectivity index (χ4v) is 2.41. The van der Waals surface area contributed by atoms with Gasteiger partial charge < -0.3 is 5.73 Å². The first-order valence-electron chi connectivity index (χ1n) is 6.40. The summed E-state index contributed by atoms with van der Waals surface area (Å²) in [6.07, 6.45) is 1.80. The number of benzene rings is 2. The summed E-state index contributed by atoms with van der Waals surface area (Å²) >= 11 is 0. The maximum Gasteiger partial charge on any atom is 0.139 e. The molecule has 4 heteroatoms. The number of anilines is 1. The van der Waals surface area contributed by atoms with Crippen LogP contribution in [0.15, 0.2) is 60.9 Å². The topological polar surface area (TPSA) is 56.7 Å². The number of nitrogen functional groups attached to an aromatic ring is 1. The lowest BCUT2D eigenvalue weighted by Crippen LogP contribution is -1.96. The molecule has 0 aliphatic carbocycles. The summed E-state index contributed by atoms with van der Waals surface area (Å²) in [5.41, 5.74) is 9.48. The van der Waals surface area contributed by atoms with Crippen LogP contribution < -0.4 is 5.73 Å². The number of hydrogen-bond acceptors (Lipinski definition) is 3. The highest BCUT2D eigenvalue weighted by molar-refractivity contribution is 5.83. The fourth-order valence-electron chi connectivity index (χ4n) is 2.41. The van der Waals surface area contributed by atoms with Crippen molar-refractivity contribution in [1.29, 1.82) is 0 Å². The lowest BCUT2D eigenvalue weighted by molar-refractivity contribution is 1.04. The minimum atomic E-state index is 0.750. The van der Waals surface area contributed by atoms with Gasteiger partial charge in [0.25, 0.3) is 0 Å². The Kier molecular flexibility index (Phi) is 2.23. The Balaban J connectivity index is 1.96. The van der Waals surface area contributed by atoms with Gasteiger partial charge in [-0.1, -0.05) is 12.1 Å². The number of nitrogens with zero attached hydrogens (tertiary/aromatic N) is 3. The van der Waals surface area contributed by atoms with Crippen molar-refractivity contribution in [1.82, 2.24) is 14.5 Å². The number of imidazole rings is 1. The molecule has 0 amide bonds. The molecule has 0 spiro atoms. The number of fused-ring (bicyclic) bond motifs is 2. The predicted molar refractivity (Wildman–Crippen MR) is 80.8 cm³/mol. The van der Waals surface area contributed by atoms with Gasteiger partial charge in [0.05, 0.1) is 16.6 Å². The smallest absolute Gasteiger partial charge is 0.139 e. The molecule has 0 radical (unpaired) electrons. The van der Waals surface area contributed by atoms with Gasteiger partial charge in [-0.05, 0) is 42.5 Å².